The molecule has 1 saturated carbocycles. The Morgan fingerprint density at radius 3 is 2.36 bits per heavy atom. The number of hydrogen-bond donors (Lipinski definition) is 1. The van der Waals surface area contributed by atoms with Crippen LogP contribution in [0.5, 0.6) is 0 Å². The van der Waals surface area contributed by atoms with E-state index in [0.29, 0.717) is 18.5 Å². The minimum Gasteiger partial charge on any atom is -0.465 e. The minimum absolute atomic E-state index is 0.0255. The van der Waals surface area contributed by atoms with E-state index in [0.717, 1.165) is 45.0 Å². The maximum absolute atomic E-state index is 11.1. The molecule has 1 N–H and O–H groups in total. The third-order valence-corrected chi connectivity index (χ3v) is 5.32. The van der Waals surface area contributed by atoms with Gasteiger partial charge in [-0.05, 0) is 38.5 Å². The third-order valence-electron chi connectivity index (χ3n) is 4.76. The molecule has 22 heavy (non-hydrogen) atoms. The second kappa shape index (κ2) is 7.14. The molecule has 2 rings (SSSR count). The van der Waals surface area contributed by atoms with Crippen molar-refractivity contribution in [3.05, 3.63) is 0 Å². The van der Waals surface area contributed by atoms with Crippen molar-refractivity contribution in [2.75, 3.05) is 32.5 Å². The molecule has 0 aromatic heterocycles. The molecule has 1 aliphatic heterocycles. The normalized spacial score (nSPS) is 31.2. The number of rotatable bonds is 4. The molecule has 1 saturated heterocycles. The van der Waals surface area contributed by atoms with Crippen molar-refractivity contribution in [3.8, 4) is 0 Å². The van der Waals surface area contributed by atoms with E-state index in [1.54, 1.807) is 0 Å². The van der Waals surface area contributed by atoms with Gasteiger partial charge in [-0.25, -0.2) is 4.79 Å². The Morgan fingerprint density at radius 2 is 1.86 bits per heavy atom. The van der Waals surface area contributed by atoms with Gasteiger partial charge < -0.3 is 10.0 Å². The molecule has 0 bridgehead atoms. The number of nitrogens with zero attached hydrogens (tertiary/aromatic N) is 2. The van der Waals surface area contributed by atoms with E-state index in [2.05, 4.69) is 4.90 Å². The van der Waals surface area contributed by atoms with Gasteiger partial charge in [0.05, 0.1) is 12.9 Å². The molecule has 0 aromatic rings. The van der Waals surface area contributed by atoms with Crippen molar-refractivity contribution in [1.29, 1.82) is 0 Å². The van der Waals surface area contributed by atoms with Gasteiger partial charge in [-0.2, -0.15) is 8.42 Å². The molecule has 8 heteroatoms. The van der Waals surface area contributed by atoms with Gasteiger partial charge in [-0.1, -0.05) is 0 Å². The van der Waals surface area contributed by atoms with E-state index in [1.165, 1.54) is 4.90 Å². The molecule has 2 fully saturated rings. The molecule has 1 amide bonds. The highest BCUT2D eigenvalue weighted by Crippen LogP contribution is 2.29. The second-order valence-electron chi connectivity index (χ2n) is 6.48. The van der Waals surface area contributed by atoms with Crippen molar-refractivity contribution in [1.82, 2.24) is 9.80 Å². The fourth-order valence-electron chi connectivity index (χ4n) is 3.50. The fraction of sp³-hybridized carbons (Fsp3) is 0.929. The molecule has 1 aliphatic carbocycles. The van der Waals surface area contributed by atoms with Crippen LogP contribution in [0.4, 0.5) is 4.79 Å². The van der Waals surface area contributed by atoms with Crippen molar-refractivity contribution < 1.29 is 22.5 Å². The first-order chi connectivity index (χ1) is 10.3. The molecular formula is C14H26N2O5S. The highest BCUT2D eigenvalue weighted by Gasteiger charge is 2.33. The summed E-state index contributed by atoms with van der Waals surface area (Å²) in [6.45, 7) is 4.36. The van der Waals surface area contributed by atoms with Crippen LogP contribution < -0.4 is 0 Å². The van der Waals surface area contributed by atoms with Gasteiger partial charge in [0.15, 0.2) is 0 Å². The molecule has 0 spiro atoms. The minimum atomic E-state index is -3.35. The van der Waals surface area contributed by atoms with Gasteiger partial charge in [0, 0.05) is 31.7 Å². The SMILES string of the molecule is CC1CN(C2CCC(COS(C)(=O)=O)CC2)CCN1C(=O)O. The molecule has 0 radical (unpaired) electrons. The van der Waals surface area contributed by atoms with Crippen LogP contribution in [0.3, 0.4) is 0 Å². The van der Waals surface area contributed by atoms with E-state index < -0.39 is 16.2 Å². The molecular weight excluding hydrogens is 308 g/mol. The van der Waals surface area contributed by atoms with Crippen LogP contribution in [0.25, 0.3) is 0 Å². The zero-order chi connectivity index (χ0) is 16.3. The van der Waals surface area contributed by atoms with E-state index in [4.69, 9.17) is 9.29 Å². The Kier molecular flexibility index (Phi) is 5.68. The summed E-state index contributed by atoms with van der Waals surface area (Å²) >= 11 is 0. The van der Waals surface area contributed by atoms with Crippen molar-refractivity contribution in [3.63, 3.8) is 0 Å². The zero-order valence-electron chi connectivity index (χ0n) is 13.3. The standard InChI is InChI=1S/C14H26N2O5S/c1-11-9-15(7-8-16(11)14(17)18)13-5-3-12(4-6-13)10-21-22(2,19)20/h11-13H,3-10H2,1-2H3,(H,17,18). The Bertz CT molecular complexity index is 487. The number of hydrogen-bond acceptors (Lipinski definition) is 5. The summed E-state index contributed by atoms with van der Waals surface area (Å²) in [6.07, 6.45) is 4.23. The van der Waals surface area contributed by atoms with Crippen LogP contribution in [0.2, 0.25) is 0 Å². The van der Waals surface area contributed by atoms with Crippen LogP contribution >= 0.6 is 0 Å². The van der Waals surface area contributed by atoms with E-state index in [1.807, 2.05) is 6.92 Å². The first-order valence-corrected chi connectivity index (χ1v) is 9.66. The van der Waals surface area contributed by atoms with Crippen LogP contribution in [-0.2, 0) is 14.3 Å². The lowest BCUT2D eigenvalue weighted by Crippen LogP contribution is -2.56. The van der Waals surface area contributed by atoms with Crippen molar-refractivity contribution in [2.24, 2.45) is 5.92 Å². The zero-order valence-corrected chi connectivity index (χ0v) is 14.1. The maximum Gasteiger partial charge on any atom is 0.407 e. The average Bonchev–Trinajstić information content (AvgIpc) is 2.44. The van der Waals surface area contributed by atoms with Crippen molar-refractivity contribution >= 4 is 16.2 Å². The van der Waals surface area contributed by atoms with E-state index >= 15 is 0 Å². The van der Waals surface area contributed by atoms with Crippen LogP contribution in [0.15, 0.2) is 0 Å². The number of amides is 1. The Hall–Kier alpha value is -0.860. The van der Waals surface area contributed by atoms with Crippen LogP contribution in [0, 0.1) is 5.92 Å². The topological polar surface area (TPSA) is 87.2 Å². The first kappa shape index (κ1) is 17.5. The van der Waals surface area contributed by atoms with Gasteiger partial charge in [-0.3, -0.25) is 9.08 Å². The lowest BCUT2D eigenvalue weighted by Gasteiger charge is -2.44. The monoisotopic (exact) mass is 334 g/mol. The summed E-state index contributed by atoms with van der Waals surface area (Å²) in [5, 5.41) is 9.11. The highest BCUT2D eigenvalue weighted by atomic mass is 32.2. The smallest absolute Gasteiger partial charge is 0.407 e. The Labute approximate surface area is 132 Å². The molecule has 1 unspecified atom stereocenters. The Morgan fingerprint density at radius 1 is 1.23 bits per heavy atom. The van der Waals surface area contributed by atoms with E-state index in [-0.39, 0.29) is 12.6 Å². The summed E-state index contributed by atoms with van der Waals surface area (Å²) < 4.78 is 26.9. The molecule has 1 atom stereocenters. The Balaban J connectivity index is 1.77. The van der Waals surface area contributed by atoms with E-state index in [9.17, 15) is 13.2 Å². The number of carboxylic acid groups (broad SMARTS) is 1. The lowest BCUT2D eigenvalue weighted by molar-refractivity contribution is 0.0364. The average molecular weight is 334 g/mol. The quantitative estimate of drug-likeness (QED) is 0.778. The van der Waals surface area contributed by atoms with Gasteiger partial charge in [0.25, 0.3) is 10.1 Å². The summed E-state index contributed by atoms with van der Waals surface area (Å²) in [7, 11) is -3.35. The van der Waals surface area contributed by atoms with Crippen molar-refractivity contribution in [2.45, 2.75) is 44.7 Å². The highest BCUT2D eigenvalue weighted by molar-refractivity contribution is 7.85. The molecule has 128 valence electrons. The van der Waals surface area contributed by atoms with Gasteiger partial charge in [0.1, 0.15) is 0 Å². The predicted octanol–water partition coefficient (Wildman–Crippen LogP) is 1.21. The molecule has 0 aromatic carbocycles. The van der Waals surface area contributed by atoms with Gasteiger partial charge in [0.2, 0.25) is 0 Å². The number of carbonyl (C=O) groups is 1. The predicted molar refractivity (Wildman–Crippen MR) is 82.3 cm³/mol. The van der Waals surface area contributed by atoms with Crippen LogP contribution in [0.1, 0.15) is 32.6 Å². The summed E-state index contributed by atoms with van der Waals surface area (Å²) in [5.41, 5.74) is 0. The third kappa shape index (κ3) is 4.82. The lowest BCUT2D eigenvalue weighted by atomic mass is 9.85. The fourth-order valence-corrected chi connectivity index (χ4v) is 3.94. The molecule has 1 heterocycles. The summed E-state index contributed by atoms with van der Waals surface area (Å²) in [5.74, 6) is 0.309. The van der Waals surface area contributed by atoms with Gasteiger partial charge in [-0.15, -0.1) is 0 Å². The second-order valence-corrected chi connectivity index (χ2v) is 8.13. The number of piperazine rings is 1. The van der Waals surface area contributed by atoms with Gasteiger partial charge >= 0.3 is 6.09 Å². The summed E-state index contributed by atoms with van der Waals surface area (Å²) in [4.78, 5) is 15.0. The first-order valence-electron chi connectivity index (χ1n) is 7.84. The maximum atomic E-state index is 11.1. The molecule has 7 nitrogen and oxygen atoms in total. The van der Waals surface area contributed by atoms with Crippen LogP contribution in [-0.4, -0.2) is 74.0 Å². The molecule has 2 aliphatic rings. The summed E-state index contributed by atoms with van der Waals surface area (Å²) in [6, 6.07) is 0.505. The largest absolute Gasteiger partial charge is 0.465 e.